The number of nitrogens with two attached hydrogens (primary N) is 1. The van der Waals surface area contributed by atoms with E-state index in [1.54, 1.807) is 31.2 Å². The van der Waals surface area contributed by atoms with E-state index in [0.29, 0.717) is 17.1 Å². The van der Waals surface area contributed by atoms with Crippen LogP contribution in [0.5, 0.6) is 5.75 Å². The second-order valence-electron chi connectivity index (χ2n) is 4.14. The van der Waals surface area contributed by atoms with E-state index >= 15 is 0 Å². The Morgan fingerprint density at radius 3 is 2.90 bits per heavy atom. The van der Waals surface area contributed by atoms with Gasteiger partial charge in [-0.05, 0) is 19.1 Å². The Morgan fingerprint density at radius 1 is 1.45 bits per heavy atom. The minimum absolute atomic E-state index is 0.00151. The number of nitrogen functional groups attached to an aromatic ring is 1. The highest BCUT2D eigenvalue weighted by Gasteiger charge is 2.14. The molecular formula is C12H15N3O4S. The first-order valence-electron chi connectivity index (χ1n) is 5.85. The molecule has 2 aromatic rings. The molecule has 0 saturated heterocycles. The highest BCUT2D eigenvalue weighted by atomic mass is 32.2. The summed E-state index contributed by atoms with van der Waals surface area (Å²) >= 11 is 0. The van der Waals surface area contributed by atoms with E-state index in [4.69, 9.17) is 14.9 Å². The third kappa shape index (κ3) is 4.16. The van der Waals surface area contributed by atoms with Crippen LogP contribution < -0.4 is 15.2 Å². The summed E-state index contributed by atoms with van der Waals surface area (Å²) in [4.78, 5) is 3.86. The summed E-state index contributed by atoms with van der Waals surface area (Å²) in [5.74, 6) is 0.302. The zero-order chi connectivity index (χ0) is 14.6. The first kappa shape index (κ1) is 14.2. The lowest BCUT2D eigenvalue weighted by Crippen LogP contribution is -2.21. The quantitative estimate of drug-likeness (QED) is 0.780. The number of rotatable bonds is 6. The van der Waals surface area contributed by atoms with Crippen LogP contribution in [0.2, 0.25) is 0 Å². The third-order valence-corrected chi connectivity index (χ3v) is 3.53. The fourth-order valence-electron chi connectivity index (χ4n) is 1.46. The molecule has 20 heavy (non-hydrogen) atoms. The number of aromatic nitrogens is 1. The fourth-order valence-corrected chi connectivity index (χ4v) is 2.22. The monoisotopic (exact) mass is 297 g/mol. The number of ether oxygens (including phenoxy) is 1. The number of hydrogen-bond acceptors (Lipinski definition) is 6. The van der Waals surface area contributed by atoms with Gasteiger partial charge in [0, 0.05) is 11.8 Å². The molecule has 0 aliphatic carbocycles. The van der Waals surface area contributed by atoms with Crippen LogP contribution in [0.25, 0.3) is 0 Å². The lowest BCUT2D eigenvalue weighted by Gasteiger charge is -2.07. The topological polar surface area (TPSA) is 107 Å². The van der Waals surface area contributed by atoms with Crippen molar-refractivity contribution in [1.82, 2.24) is 4.98 Å². The van der Waals surface area contributed by atoms with Gasteiger partial charge < -0.3 is 14.9 Å². The first-order chi connectivity index (χ1) is 9.44. The standard InChI is InChI=1S/C12H15N3O4S/c1-9-8-19-12(14-9)15-20(16,17)6-5-18-11-4-2-3-10(13)7-11/h2-4,7-8H,5-6,13H2,1H3,(H,14,15). The van der Waals surface area contributed by atoms with Crippen molar-refractivity contribution in [2.24, 2.45) is 0 Å². The van der Waals surface area contributed by atoms with Crippen LogP contribution in [0.4, 0.5) is 11.7 Å². The molecule has 0 radical (unpaired) electrons. The van der Waals surface area contributed by atoms with Gasteiger partial charge >= 0.3 is 6.01 Å². The van der Waals surface area contributed by atoms with Crippen LogP contribution in [0.15, 0.2) is 34.9 Å². The van der Waals surface area contributed by atoms with Crippen molar-refractivity contribution in [2.75, 3.05) is 22.8 Å². The molecule has 0 bridgehead atoms. The zero-order valence-electron chi connectivity index (χ0n) is 10.9. The molecule has 0 fully saturated rings. The Balaban J connectivity index is 1.86. The number of nitrogens with one attached hydrogen (secondary N) is 1. The summed E-state index contributed by atoms with van der Waals surface area (Å²) in [6.07, 6.45) is 1.36. The van der Waals surface area contributed by atoms with Crippen molar-refractivity contribution in [3.8, 4) is 5.75 Å². The van der Waals surface area contributed by atoms with Gasteiger partial charge in [0.25, 0.3) is 0 Å². The predicted octanol–water partition coefficient (Wildman–Crippen LogP) is 1.39. The van der Waals surface area contributed by atoms with Crippen LogP contribution in [0.1, 0.15) is 5.69 Å². The number of hydrogen-bond donors (Lipinski definition) is 2. The summed E-state index contributed by atoms with van der Waals surface area (Å²) < 4.78 is 36.0. The van der Waals surface area contributed by atoms with E-state index < -0.39 is 10.0 Å². The summed E-state index contributed by atoms with van der Waals surface area (Å²) in [6.45, 7) is 1.70. The molecule has 0 aliphatic heterocycles. The van der Waals surface area contributed by atoms with Gasteiger partial charge in [0.05, 0.1) is 5.69 Å². The van der Waals surface area contributed by atoms with Gasteiger partial charge in [0.1, 0.15) is 24.4 Å². The molecule has 0 saturated carbocycles. The molecule has 3 N–H and O–H groups in total. The van der Waals surface area contributed by atoms with Crippen molar-refractivity contribution in [3.63, 3.8) is 0 Å². The fraction of sp³-hybridized carbons (Fsp3) is 0.250. The van der Waals surface area contributed by atoms with Crippen LogP contribution in [-0.2, 0) is 10.0 Å². The highest BCUT2D eigenvalue weighted by Crippen LogP contribution is 2.14. The van der Waals surface area contributed by atoms with Gasteiger partial charge in [-0.15, -0.1) is 0 Å². The number of benzene rings is 1. The Morgan fingerprint density at radius 2 is 2.25 bits per heavy atom. The predicted molar refractivity (Wildman–Crippen MR) is 75.0 cm³/mol. The maximum Gasteiger partial charge on any atom is 0.308 e. The van der Waals surface area contributed by atoms with Crippen molar-refractivity contribution >= 4 is 21.7 Å². The molecule has 1 heterocycles. The molecule has 0 unspecified atom stereocenters. The average Bonchev–Trinajstić information content (AvgIpc) is 2.73. The second-order valence-corrected chi connectivity index (χ2v) is 5.98. The lowest BCUT2D eigenvalue weighted by atomic mass is 10.3. The van der Waals surface area contributed by atoms with Crippen molar-refractivity contribution < 1.29 is 17.6 Å². The molecule has 2 rings (SSSR count). The Kier molecular flexibility index (Phi) is 4.14. The number of anilines is 2. The third-order valence-electron chi connectivity index (χ3n) is 2.34. The number of oxazole rings is 1. The van der Waals surface area contributed by atoms with E-state index in [2.05, 4.69) is 9.71 Å². The van der Waals surface area contributed by atoms with Crippen molar-refractivity contribution in [2.45, 2.75) is 6.92 Å². The lowest BCUT2D eigenvalue weighted by molar-refractivity contribution is 0.341. The molecule has 0 atom stereocenters. The van der Waals surface area contributed by atoms with Crippen LogP contribution in [-0.4, -0.2) is 25.8 Å². The number of sulfonamides is 1. The SMILES string of the molecule is Cc1coc(NS(=O)(=O)CCOc2cccc(N)c2)n1. The van der Waals surface area contributed by atoms with Crippen LogP contribution >= 0.6 is 0 Å². The maximum atomic E-state index is 11.8. The smallest absolute Gasteiger partial charge is 0.308 e. The number of aryl methyl sites for hydroxylation is 1. The van der Waals surface area contributed by atoms with Crippen LogP contribution in [0.3, 0.4) is 0 Å². The summed E-state index contributed by atoms with van der Waals surface area (Å²) in [6, 6.07) is 6.72. The molecular weight excluding hydrogens is 282 g/mol. The van der Waals surface area contributed by atoms with Gasteiger partial charge in [-0.2, -0.15) is 4.98 Å². The van der Waals surface area contributed by atoms with Crippen LogP contribution in [0, 0.1) is 6.92 Å². The van der Waals surface area contributed by atoms with Gasteiger partial charge in [0.2, 0.25) is 10.0 Å². The molecule has 108 valence electrons. The second kappa shape index (κ2) is 5.83. The zero-order valence-corrected chi connectivity index (χ0v) is 11.7. The molecule has 7 nitrogen and oxygen atoms in total. The van der Waals surface area contributed by atoms with E-state index in [-0.39, 0.29) is 18.4 Å². The maximum absolute atomic E-state index is 11.8. The van der Waals surface area contributed by atoms with Gasteiger partial charge in [-0.1, -0.05) is 6.07 Å². The molecule has 0 aliphatic rings. The molecule has 8 heteroatoms. The highest BCUT2D eigenvalue weighted by molar-refractivity contribution is 7.92. The van der Waals surface area contributed by atoms with E-state index in [0.717, 1.165) is 0 Å². The van der Waals surface area contributed by atoms with Crippen molar-refractivity contribution in [1.29, 1.82) is 0 Å². The minimum atomic E-state index is -3.56. The molecule has 1 aromatic heterocycles. The van der Waals surface area contributed by atoms with Gasteiger partial charge in [-0.25, -0.2) is 13.1 Å². The summed E-state index contributed by atoms with van der Waals surface area (Å²) in [7, 11) is -3.56. The minimum Gasteiger partial charge on any atom is -0.492 e. The Bertz CT molecular complexity index is 682. The Labute approximate surface area is 116 Å². The summed E-state index contributed by atoms with van der Waals surface area (Å²) in [5, 5.41) is 0. The van der Waals surface area contributed by atoms with Gasteiger partial charge in [0.15, 0.2) is 0 Å². The average molecular weight is 297 g/mol. The number of nitrogens with zero attached hydrogens (tertiary/aromatic N) is 1. The first-order valence-corrected chi connectivity index (χ1v) is 7.51. The van der Waals surface area contributed by atoms with E-state index in [1.165, 1.54) is 6.26 Å². The summed E-state index contributed by atoms with van der Waals surface area (Å²) in [5.41, 5.74) is 6.74. The molecule has 0 amide bonds. The normalized spacial score (nSPS) is 11.2. The van der Waals surface area contributed by atoms with Gasteiger partial charge in [-0.3, -0.25) is 0 Å². The molecule has 0 spiro atoms. The van der Waals surface area contributed by atoms with Crippen molar-refractivity contribution in [3.05, 3.63) is 36.2 Å². The largest absolute Gasteiger partial charge is 0.492 e. The Hall–Kier alpha value is -2.22. The van der Waals surface area contributed by atoms with E-state index in [9.17, 15) is 8.42 Å². The van der Waals surface area contributed by atoms with E-state index in [1.807, 2.05) is 0 Å². The molecule has 1 aromatic carbocycles.